The van der Waals surface area contributed by atoms with Crippen LogP contribution in [0.2, 0.25) is 0 Å². The van der Waals surface area contributed by atoms with E-state index in [4.69, 9.17) is 0 Å². The van der Waals surface area contributed by atoms with Crippen molar-refractivity contribution in [3.63, 3.8) is 0 Å². The molecule has 1 fully saturated rings. The van der Waals surface area contributed by atoms with Crippen molar-refractivity contribution in [2.75, 3.05) is 24.5 Å². The number of anilines is 1. The topological polar surface area (TPSA) is 15.3 Å². The summed E-state index contributed by atoms with van der Waals surface area (Å²) in [6.07, 6.45) is 2.72. The van der Waals surface area contributed by atoms with Crippen LogP contribution in [0, 0.1) is 18.8 Å². The molecule has 1 saturated carbocycles. The average Bonchev–Trinajstić information content (AvgIpc) is 2.39. The highest BCUT2D eigenvalue weighted by molar-refractivity contribution is 5.50. The molecular formula is C18H30N2. The van der Waals surface area contributed by atoms with Crippen molar-refractivity contribution in [1.29, 1.82) is 0 Å². The highest BCUT2D eigenvalue weighted by atomic mass is 15.2. The Labute approximate surface area is 124 Å². The first-order valence-corrected chi connectivity index (χ1v) is 8.15. The third kappa shape index (κ3) is 3.76. The van der Waals surface area contributed by atoms with Crippen LogP contribution in [0.15, 0.2) is 24.3 Å². The van der Waals surface area contributed by atoms with Crippen LogP contribution in [-0.2, 0) is 0 Å². The van der Waals surface area contributed by atoms with Gasteiger partial charge in [-0.25, -0.2) is 0 Å². The van der Waals surface area contributed by atoms with Crippen LogP contribution < -0.4 is 10.2 Å². The fourth-order valence-corrected chi connectivity index (χ4v) is 3.17. The van der Waals surface area contributed by atoms with E-state index in [-0.39, 0.29) is 0 Å². The van der Waals surface area contributed by atoms with Gasteiger partial charge in [-0.1, -0.05) is 26.0 Å². The summed E-state index contributed by atoms with van der Waals surface area (Å²) >= 11 is 0. The maximum Gasteiger partial charge on any atom is 0.0371 e. The zero-order valence-electron chi connectivity index (χ0n) is 13.5. The van der Waals surface area contributed by atoms with Gasteiger partial charge in [-0.3, -0.25) is 0 Å². The van der Waals surface area contributed by atoms with E-state index in [0.717, 1.165) is 31.0 Å². The lowest BCUT2D eigenvalue weighted by molar-refractivity contribution is 0.233. The third-order valence-corrected chi connectivity index (χ3v) is 4.41. The second kappa shape index (κ2) is 7.12. The van der Waals surface area contributed by atoms with E-state index in [2.05, 4.69) is 62.2 Å². The van der Waals surface area contributed by atoms with E-state index in [1.54, 1.807) is 0 Å². The second-order valence-electron chi connectivity index (χ2n) is 6.58. The van der Waals surface area contributed by atoms with Crippen LogP contribution >= 0.6 is 0 Å². The van der Waals surface area contributed by atoms with Gasteiger partial charge in [0.2, 0.25) is 0 Å². The number of benzene rings is 1. The highest BCUT2D eigenvalue weighted by Gasteiger charge is 2.34. The zero-order valence-corrected chi connectivity index (χ0v) is 13.5. The minimum Gasteiger partial charge on any atom is -0.368 e. The van der Waals surface area contributed by atoms with Gasteiger partial charge in [0, 0.05) is 18.3 Å². The molecule has 2 rings (SSSR count). The molecule has 1 aliphatic carbocycles. The number of hydrogen-bond acceptors (Lipinski definition) is 2. The molecule has 1 aromatic rings. The van der Waals surface area contributed by atoms with Crippen molar-refractivity contribution < 1.29 is 0 Å². The maximum atomic E-state index is 3.63. The number of nitrogens with zero attached hydrogens (tertiary/aromatic N) is 1. The van der Waals surface area contributed by atoms with E-state index >= 15 is 0 Å². The molecule has 2 heteroatoms. The van der Waals surface area contributed by atoms with Crippen molar-refractivity contribution >= 4 is 5.69 Å². The van der Waals surface area contributed by atoms with Gasteiger partial charge in [0.05, 0.1) is 0 Å². The lowest BCUT2D eigenvalue weighted by Gasteiger charge is -2.45. The first-order valence-electron chi connectivity index (χ1n) is 8.15. The number of hydrogen-bond donors (Lipinski definition) is 1. The molecule has 1 aliphatic rings. The van der Waals surface area contributed by atoms with Crippen molar-refractivity contribution in [2.24, 2.45) is 11.8 Å². The summed E-state index contributed by atoms with van der Waals surface area (Å²) in [7, 11) is 0. The molecule has 0 heterocycles. The smallest absolute Gasteiger partial charge is 0.0371 e. The largest absolute Gasteiger partial charge is 0.368 e. The molecule has 20 heavy (non-hydrogen) atoms. The normalized spacial score (nSPS) is 21.9. The fraction of sp³-hybridized carbons (Fsp3) is 0.667. The molecule has 112 valence electrons. The zero-order chi connectivity index (χ0) is 14.5. The Morgan fingerprint density at radius 2 is 2.10 bits per heavy atom. The van der Waals surface area contributed by atoms with E-state index in [1.165, 1.54) is 30.6 Å². The Morgan fingerprint density at radius 3 is 2.65 bits per heavy atom. The van der Waals surface area contributed by atoms with Gasteiger partial charge < -0.3 is 10.2 Å². The second-order valence-corrected chi connectivity index (χ2v) is 6.58. The van der Waals surface area contributed by atoms with Crippen molar-refractivity contribution in [3.05, 3.63) is 29.8 Å². The average molecular weight is 274 g/mol. The van der Waals surface area contributed by atoms with E-state index in [0.29, 0.717) is 0 Å². The predicted octanol–water partition coefficient (Wildman–Crippen LogP) is 3.85. The Bertz CT molecular complexity index is 414. The Hall–Kier alpha value is -1.02. The van der Waals surface area contributed by atoms with Gasteiger partial charge in [-0.05, 0) is 69.3 Å². The lowest BCUT2D eigenvalue weighted by Crippen LogP contribution is -2.51. The van der Waals surface area contributed by atoms with Gasteiger partial charge in [-0.2, -0.15) is 0 Å². The molecule has 1 N–H and O–H groups in total. The summed E-state index contributed by atoms with van der Waals surface area (Å²) in [5.41, 5.74) is 2.75. The molecule has 0 aliphatic heterocycles. The molecule has 2 nitrogen and oxygen atoms in total. The van der Waals surface area contributed by atoms with Crippen LogP contribution in [0.1, 0.15) is 39.2 Å². The van der Waals surface area contributed by atoms with E-state index in [1.807, 2.05) is 0 Å². The molecule has 2 unspecified atom stereocenters. The number of nitrogens with one attached hydrogen (secondary N) is 1. The monoisotopic (exact) mass is 274 g/mol. The van der Waals surface area contributed by atoms with Crippen LogP contribution in [0.5, 0.6) is 0 Å². The molecule has 0 aromatic heterocycles. The summed E-state index contributed by atoms with van der Waals surface area (Å²) in [5, 5.41) is 3.63. The quantitative estimate of drug-likeness (QED) is 0.812. The lowest BCUT2D eigenvalue weighted by atomic mass is 9.78. The third-order valence-electron chi connectivity index (χ3n) is 4.41. The van der Waals surface area contributed by atoms with Crippen molar-refractivity contribution in [1.82, 2.24) is 5.32 Å². The molecular weight excluding hydrogens is 244 g/mol. The summed E-state index contributed by atoms with van der Waals surface area (Å²) in [6, 6.07) is 9.66. The minimum absolute atomic E-state index is 0.724. The minimum atomic E-state index is 0.724. The molecule has 2 atom stereocenters. The van der Waals surface area contributed by atoms with Crippen LogP contribution in [0.3, 0.4) is 0 Å². The van der Waals surface area contributed by atoms with Crippen molar-refractivity contribution in [3.8, 4) is 0 Å². The summed E-state index contributed by atoms with van der Waals surface area (Å²) < 4.78 is 0. The van der Waals surface area contributed by atoms with Gasteiger partial charge >= 0.3 is 0 Å². The van der Waals surface area contributed by atoms with Gasteiger partial charge in [-0.15, -0.1) is 0 Å². The fourth-order valence-electron chi connectivity index (χ4n) is 3.17. The van der Waals surface area contributed by atoms with Gasteiger partial charge in [0.15, 0.2) is 0 Å². The van der Waals surface area contributed by atoms with Crippen molar-refractivity contribution in [2.45, 2.75) is 46.6 Å². The maximum absolute atomic E-state index is 3.63. The van der Waals surface area contributed by atoms with Gasteiger partial charge in [0.25, 0.3) is 0 Å². The molecule has 1 aromatic carbocycles. The summed E-state index contributed by atoms with van der Waals surface area (Å²) in [6.45, 7) is 12.4. The summed E-state index contributed by atoms with van der Waals surface area (Å²) in [4.78, 5) is 2.60. The Kier molecular flexibility index (Phi) is 5.47. The van der Waals surface area contributed by atoms with Crippen LogP contribution in [0.25, 0.3) is 0 Å². The van der Waals surface area contributed by atoms with Crippen LogP contribution in [0.4, 0.5) is 5.69 Å². The Balaban J connectivity index is 1.94. The Morgan fingerprint density at radius 1 is 1.30 bits per heavy atom. The SMILES string of the molecule is CCN(c1cccc(C)c1)C1CCC1CNCC(C)C. The molecule has 0 bridgehead atoms. The van der Waals surface area contributed by atoms with E-state index < -0.39 is 0 Å². The first-order chi connectivity index (χ1) is 9.61. The van der Waals surface area contributed by atoms with Gasteiger partial charge in [0.1, 0.15) is 0 Å². The highest BCUT2D eigenvalue weighted by Crippen LogP contribution is 2.34. The predicted molar refractivity (Wildman–Crippen MR) is 88.4 cm³/mol. The standard InChI is InChI=1S/C18H30N2/c1-5-20(17-8-6-7-15(4)11-17)18-10-9-16(18)13-19-12-14(2)3/h6-8,11,14,16,18-19H,5,9-10,12-13H2,1-4H3. The number of rotatable bonds is 7. The molecule has 0 radical (unpaired) electrons. The molecule has 0 saturated heterocycles. The molecule has 0 spiro atoms. The first kappa shape index (κ1) is 15.4. The summed E-state index contributed by atoms with van der Waals surface area (Å²) in [5.74, 6) is 1.56. The molecule has 0 amide bonds. The van der Waals surface area contributed by atoms with E-state index in [9.17, 15) is 0 Å². The number of aryl methyl sites for hydroxylation is 1. The van der Waals surface area contributed by atoms with Crippen LogP contribution in [-0.4, -0.2) is 25.7 Å².